The highest BCUT2D eigenvalue weighted by Crippen LogP contribution is 2.41. The summed E-state index contributed by atoms with van der Waals surface area (Å²) in [5.74, 6) is 0.581. The maximum absolute atomic E-state index is 10.7. The number of fused-ring (bicyclic) bond motifs is 1. The zero-order valence-electron chi connectivity index (χ0n) is 9.06. The number of aromatic nitrogens is 1. The van der Waals surface area contributed by atoms with Gasteiger partial charge in [-0.2, -0.15) is 0 Å². The maximum Gasteiger partial charge on any atom is 0.176 e. The van der Waals surface area contributed by atoms with E-state index < -0.39 is 5.60 Å². The predicted molar refractivity (Wildman–Crippen MR) is 55.9 cm³/mol. The van der Waals surface area contributed by atoms with E-state index in [9.17, 15) is 5.11 Å². The average molecular weight is 219 g/mol. The molecule has 0 saturated heterocycles. The molecule has 0 aliphatic heterocycles. The smallest absolute Gasteiger partial charge is 0.176 e. The Kier molecular flexibility index (Phi) is 1.94. The highest BCUT2D eigenvalue weighted by molar-refractivity contribution is 5.37. The second-order valence-electron chi connectivity index (χ2n) is 4.30. The third kappa shape index (κ3) is 1.16. The molecule has 3 rings (SSSR count). The van der Waals surface area contributed by atoms with Crippen LogP contribution in [-0.2, 0) is 12.0 Å². The fraction of sp³-hybridized carbons (Fsp3) is 0.417. The summed E-state index contributed by atoms with van der Waals surface area (Å²) in [6.07, 6.45) is 5.62. The van der Waals surface area contributed by atoms with Crippen molar-refractivity contribution in [3.8, 4) is 0 Å². The van der Waals surface area contributed by atoms with Crippen molar-refractivity contribution in [1.29, 1.82) is 0 Å². The summed E-state index contributed by atoms with van der Waals surface area (Å²) in [6.45, 7) is 1.91. The molecule has 0 fully saturated rings. The van der Waals surface area contributed by atoms with Crippen molar-refractivity contribution in [1.82, 2.24) is 5.16 Å². The van der Waals surface area contributed by atoms with Crippen molar-refractivity contribution in [3.05, 3.63) is 41.2 Å². The number of aryl methyl sites for hydroxylation is 1. The standard InChI is InChI=1S/C12H13NO3/c1-8-10-3-2-5-12(14,11(10)16-13-8)9-4-6-15-7-9/h4,6-7,14H,2-3,5H2,1H3. The van der Waals surface area contributed by atoms with Crippen LogP contribution in [-0.4, -0.2) is 10.3 Å². The first-order chi connectivity index (χ1) is 7.72. The lowest BCUT2D eigenvalue weighted by Gasteiger charge is -2.28. The van der Waals surface area contributed by atoms with Crippen molar-refractivity contribution in [2.24, 2.45) is 0 Å². The largest absolute Gasteiger partial charge is 0.472 e. The van der Waals surface area contributed by atoms with Gasteiger partial charge in [-0.15, -0.1) is 0 Å². The van der Waals surface area contributed by atoms with Gasteiger partial charge in [0.25, 0.3) is 0 Å². The topological polar surface area (TPSA) is 59.4 Å². The van der Waals surface area contributed by atoms with Crippen molar-refractivity contribution in [2.45, 2.75) is 31.8 Å². The van der Waals surface area contributed by atoms with Gasteiger partial charge in [0, 0.05) is 11.1 Å². The van der Waals surface area contributed by atoms with Gasteiger partial charge < -0.3 is 14.0 Å². The van der Waals surface area contributed by atoms with Crippen molar-refractivity contribution < 1.29 is 14.0 Å². The molecule has 16 heavy (non-hydrogen) atoms. The SMILES string of the molecule is Cc1noc2c1CCCC2(O)c1ccoc1. The number of aliphatic hydroxyl groups is 1. The van der Waals surface area contributed by atoms with Gasteiger partial charge in [0.15, 0.2) is 11.4 Å². The summed E-state index contributed by atoms with van der Waals surface area (Å²) >= 11 is 0. The van der Waals surface area contributed by atoms with E-state index in [1.807, 2.05) is 6.92 Å². The van der Waals surface area contributed by atoms with Crippen LogP contribution in [0.1, 0.15) is 35.4 Å². The second kappa shape index (κ2) is 3.22. The summed E-state index contributed by atoms with van der Waals surface area (Å²) < 4.78 is 10.3. The second-order valence-corrected chi connectivity index (χ2v) is 4.30. The molecule has 2 heterocycles. The fourth-order valence-electron chi connectivity index (χ4n) is 2.42. The minimum atomic E-state index is -1.07. The molecule has 1 aliphatic rings. The van der Waals surface area contributed by atoms with Gasteiger partial charge in [-0.3, -0.25) is 0 Å². The summed E-state index contributed by atoms with van der Waals surface area (Å²) in [5.41, 5.74) is 1.58. The molecule has 0 spiro atoms. The van der Waals surface area contributed by atoms with E-state index in [2.05, 4.69) is 5.16 Å². The van der Waals surface area contributed by atoms with Crippen molar-refractivity contribution in [2.75, 3.05) is 0 Å². The van der Waals surface area contributed by atoms with Crippen LogP contribution < -0.4 is 0 Å². The number of rotatable bonds is 1. The normalized spacial score (nSPS) is 24.4. The quantitative estimate of drug-likeness (QED) is 0.798. The van der Waals surface area contributed by atoms with E-state index in [0.717, 1.165) is 29.7 Å². The molecule has 2 aromatic heterocycles. The molecule has 84 valence electrons. The van der Waals surface area contributed by atoms with Crippen LogP contribution in [0, 0.1) is 6.92 Å². The number of furan rings is 1. The minimum absolute atomic E-state index is 0.581. The van der Waals surface area contributed by atoms with Crippen LogP contribution >= 0.6 is 0 Å². The van der Waals surface area contributed by atoms with Gasteiger partial charge in [-0.1, -0.05) is 5.16 Å². The fourth-order valence-corrected chi connectivity index (χ4v) is 2.42. The summed E-state index contributed by atoms with van der Waals surface area (Å²) in [6, 6.07) is 1.77. The molecule has 1 aliphatic carbocycles. The molecule has 4 heteroatoms. The van der Waals surface area contributed by atoms with E-state index in [-0.39, 0.29) is 0 Å². The number of hydrogen-bond donors (Lipinski definition) is 1. The molecule has 1 atom stereocenters. The van der Waals surface area contributed by atoms with Crippen LogP contribution in [0.25, 0.3) is 0 Å². The molecule has 0 saturated carbocycles. The molecular formula is C12H13NO3. The van der Waals surface area contributed by atoms with Crippen LogP contribution in [0.5, 0.6) is 0 Å². The molecule has 1 unspecified atom stereocenters. The molecule has 1 N–H and O–H groups in total. The molecule has 4 nitrogen and oxygen atoms in total. The van der Waals surface area contributed by atoms with Crippen LogP contribution in [0.2, 0.25) is 0 Å². The molecular weight excluding hydrogens is 206 g/mol. The molecule has 0 bridgehead atoms. The van der Waals surface area contributed by atoms with Gasteiger partial charge in [0.1, 0.15) is 0 Å². The van der Waals surface area contributed by atoms with Gasteiger partial charge in [0.05, 0.1) is 18.2 Å². The molecule has 0 aromatic carbocycles. The zero-order chi connectivity index (χ0) is 11.2. The Morgan fingerprint density at radius 3 is 3.12 bits per heavy atom. The highest BCUT2D eigenvalue weighted by Gasteiger charge is 2.41. The minimum Gasteiger partial charge on any atom is -0.472 e. The molecule has 0 amide bonds. The first kappa shape index (κ1) is 9.66. The Morgan fingerprint density at radius 2 is 2.38 bits per heavy atom. The van der Waals surface area contributed by atoms with E-state index in [4.69, 9.17) is 8.94 Å². The van der Waals surface area contributed by atoms with Crippen LogP contribution in [0.4, 0.5) is 0 Å². The zero-order valence-corrected chi connectivity index (χ0v) is 9.06. The lowest BCUT2D eigenvalue weighted by molar-refractivity contribution is 0.0317. The monoisotopic (exact) mass is 219 g/mol. The van der Waals surface area contributed by atoms with Crippen molar-refractivity contribution in [3.63, 3.8) is 0 Å². The van der Waals surface area contributed by atoms with Gasteiger partial charge in [-0.05, 0) is 32.3 Å². The average Bonchev–Trinajstić information content (AvgIpc) is 2.89. The summed E-state index contributed by atoms with van der Waals surface area (Å²) in [7, 11) is 0. The highest BCUT2D eigenvalue weighted by atomic mass is 16.5. The number of nitrogens with zero attached hydrogens (tertiary/aromatic N) is 1. The van der Waals surface area contributed by atoms with E-state index in [0.29, 0.717) is 12.2 Å². The lowest BCUT2D eigenvalue weighted by Crippen LogP contribution is -2.30. The Bertz CT molecular complexity index is 500. The van der Waals surface area contributed by atoms with E-state index in [1.54, 1.807) is 18.6 Å². The predicted octanol–water partition coefficient (Wildman–Crippen LogP) is 2.15. The molecule has 0 radical (unpaired) electrons. The van der Waals surface area contributed by atoms with Gasteiger partial charge in [0.2, 0.25) is 0 Å². The summed E-state index contributed by atoms with van der Waals surface area (Å²) in [5, 5.41) is 14.6. The van der Waals surface area contributed by atoms with E-state index in [1.165, 1.54) is 0 Å². The lowest BCUT2D eigenvalue weighted by atomic mass is 9.80. The van der Waals surface area contributed by atoms with Gasteiger partial charge >= 0.3 is 0 Å². The first-order valence-corrected chi connectivity index (χ1v) is 5.42. The Labute approximate surface area is 92.9 Å². The van der Waals surface area contributed by atoms with Crippen LogP contribution in [0.3, 0.4) is 0 Å². The Hall–Kier alpha value is -1.55. The Balaban J connectivity index is 2.17. The van der Waals surface area contributed by atoms with Crippen LogP contribution in [0.15, 0.2) is 27.5 Å². The van der Waals surface area contributed by atoms with E-state index >= 15 is 0 Å². The molecule has 2 aromatic rings. The van der Waals surface area contributed by atoms with Gasteiger partial charge in [-0.25, -0.2) is 0 Å². The third-order valence-electron chi connectivity index (χ3n) is 3.32. The summed E-state index contributed by atoms with van der Waals surface area (Å²) in [4.78, 5) is 0. The maximum atomic E-state index is 10.7. The Morgan fingerprint density at radius 1 is 1.50 bits per heavy atom. The first-order valence-electron chi connectivity index (χ1n) is 5.42. The third-order valence-corrected chi connectivity index (χ3v) is 3.32. The number of hydrogen-bond acceptors (Lipinski definition) is 4. The van der Waals surface area contributed by atoms with Crippen molar-refractivity contribution >= 4 is 0 Å².